The molecule has 0 aromatic heterocycles. The topological polar surface area (TPSA) is 137 Å². The van der Waals surface area contributed by atoms with Gasteiger partial charge in [-0.1, -0.05) is 40.5 Å². The van der Waals surface area contributed by atoms with Crippen LogP contribution < -0.4 is 21.3 Å². The molecule has 0 saturated carbocycles. The van der Waals surface area contributed by atoms with Crippen molar-refractivity contribution in [2.24, 2.45) is 11.8 Å². The fraction of sp³-hybridized carbons (Fsp3) is 0.789. The molecule has 5 unspecified atom stereocenters. The molecule has 1 fully saturated rings. The zero-order chi connectivity index (χ0) is 21.3. The van der Waals surface area contributed by atoms with Crippen LogP contribution >= 0.6 is 0 Å². The molecule has 3 amide bonds. The number of hydrogen-bond donors (Lipinski definition) is 5. The number of amides is 3. The van der Waals surface area contributed by atoms with Gasteiger partial charge in [-0.2, -0.15) is 0 Å². The van der Waals surface area contributed by atoms with Gasteiger partial charge in [0.25, 0.3) is 0 Å². The van der Waals surface area contributed by atoms with E-state index in [1.807, 2.05) is 20.8 Å². The average molecular weight is 399 g/mol. The van der Waals surface area contributed by atoms with Crippen LogP contribution in [0.15, 0.2) is 0 Å². The third kappa shape index (κ3) is 7.10. The minimum Gasteiger partial charge on any atom is -0.480 e. The second-order valence-electron chi connectivity index (χ2n) is 7.51. The van der Waals surface area contributed by atoms with E-state index in [1.54, 1.807) is 6.92 Å². The van der Waals surface area contributed by atoms with Crippen LogP contribution in [0.5, 0.6) is 0 Å². The molecule has 0 aromatic carbocycles. The van der Waals surface area contributed by atoms with E-state index in [9.17, 15) is 24.3 Å². The summed E-state index contributed by atoms with van der Waals surface area (Å²) in [6, 6.07) is -2.06. The first-order valence-electron chi connectivity index (χ1n) is 10.0. The summed E-state index contributed by atoms with van der Waals surface area (Å²) in [5, 5.41) is 20.1. The third-order valence-corrected chi connectivity index (χ3v) is 5.39. The van der Waals surface area contributed by atoms with Gasteiger partial charge in [-0.3, -0.25) is 14.4 Å². The fourth-order valence-corrected chi connectivity index (χ4v) is 3.05. The predicted octanol–water partition coefficient (Wildman–Crippen LogP) is 0.00100. The lowest BCUT2D eigenvalue weighted by molar-refractivity contribution is -0.143. The Kier molecular flexibility index (Phi) is 9.92. The van der Waals surface area contributed by atoms with Crippen molar-refractivity contribution < 1.29 is 24.3 Å². The first-order chi connectivity index (χ1) is 13.2. The predicted molar refractivity (Wildman–Crippen MR) is 104 cm³/mol. The molecule has 28 heavy (non-hydrogen) atoms. The highest BCUT2D eigenvalue weighted by molar-refractivity contribution is 5.92. The fourth-order valence-electron chi connectivity index (χ4n) is 3.05. The standard InChI is InChI=1S/C19H34N4O5/c1-5-11(3)15(23-17(25)13-8-7-9-20-13)18(26)21-10-14(24)22-16(19(27)28)12(4)6-2/h11-13,15-16,20H,5-10H2,1-4H3,(H,21,26)(H,22,24)(H,23,25)(H,27,28). The first-order valence-corrected chi connectivity index (χ1v) is 10.0. The van der Waals surface area contributed by atoms with Crippen molar-refractivity contribution in [1.82, 2.24) is 21.3 Å². The lowest BCUT2D eigenvalue weighted by Gasteiger charge is -2.25. The summed E-state index contributed by atoms with van der Waals surface area (Å²) in [4.78, 5) is 48.3. The highest BCUT2D eigenvalue weighted by Gasteiger charge is 2.31. The molecule has 5 N–H and O–H groups in total. The van der Waals surface area contributed by atoms with Gasteiger partial charge in [0.1, 0.15) is 12.1 Å². The molecule has 0 aromatic rings. The molecule has 9 heteroatoms. The lowest BCUT2D eigenvalue weighted by atomic mass is 9.97. The summed E-state index contributed by atoms with van der Waals surface area (Å²) >= 11 is 0. The van der Waals surface area contributed by atoms with Gasteiger partial charge < -0.3 is 26.4 Å². The summed E-state index contributed by atoms with van der Waals surface area (Å²) in [7, 11) is 0. The Balaban J connectivity index is 2.62. The molecule has 0 aliphatic carbocycles. The van der Waals surface area contributed by atoms with Crippen LogP contribution in [-0.4, -0.2) is 60.0 Å². The van der Waals surface area contributed by atoms with E-state index in [0.29, 0.717) is 12.8 Å². The number of nitrogens with one attached hydrogen (secondary N) is 4. The lowest BCUT2D eigenvalue weighted by Crippen LogP contribution is -2.55. The number of aliphatic carboxylic acids is 1. The third-order valence-electron chi connectivity index (χ3n) is 5.39. The SMILES string of the molecule is CCC(C)C(NC(=O)CNC(=O)C(NC(=O)C1CCCN1)C(C)CC)C(=O)O. The van der Waals surface area contributed by atoms with Crippen molar-refractivity contribution >= 4 is 23.7 Å². The molecule has 0 spiro atoms. The number of hydrogen-bond acceptors (Lipinski definition) is 5. The van der Waals surface area contributed by atoms with Gasteiger partial charge in [-0.05, 0) is 31.2 Å². The molecule has 0 bridgehead atoms. The van der Waals surface area contributed by atoms with Crippen LogP contribution in [0, 0.1) is 11.8 Å². The zero-order valence-corrected chi connectivity index (χ0v) is 17.2. The number of carboxylic acid groups (broad SMARTS) is 1. The van der Waals surface area contributed by atoms with Crippen LogP contribution in [0.25, 0.3) is 0 Å². The summed E-state index contributed by atoms with van der Waals surface area (Å²) in [5.41, 5.74) is 0. The molecular weight excluding hydrogens is 364 g/mol. The van der Waals surface area contributed by atoms with E-state index in [0.717, 1.165) is 19.4 Å². The average Bonchev–Trinajstić information content (AvgIpc) is 3.21. The van der Waals surface area contributed by atoms with Gasteiger partial charge in [0.15, 0.2) is 0 Å². The van der Waals surface area contributed by atoms with Crippen molar-refractivity contribution in [3.05, 3.63) is 0 Å². The van der Waals surface area contributed by atoms with Crippen molar-refractivity contribution in [3.8, 4) is 0 Å². The maximum Gasteiger partial charge on any atom is 0.326 e. The molecule has 1 saturated heterocycles. The van der Waals surface area contributed by atoms with Crippen molar-refractivity contribution in [1.29, 1.82) is 0 Å². The van der Waals surface area contributed by atoms with E-state index in [4.69, 9.17) is 0 Å². The molecule has 0 radical (unpaired) electrons. The first kappa shape index (κ1) is 23.9. The summed E-state index contributed by atoms with van der Waals surface area (Å²) < 4.78 is 0. The summed E-state index contributed by atoms with van der Waals surface area (Å²) in [6.45, 7) is 7.79. The highest BCUT2D eigenvalue weighted by atomic mass is 16.4. The van der Waals surface area contributed by atoms with Crippen LogP contribution in [0.4, 0.5) is 0 Å². The van der Waals surface area contributed by atoms with Crippen LogP contribution in [-0.2, 0) is 19.2 Å². The molecule has 160 valence electrons. The number of carboxylic acids is 1. The van der Waals surface area contributed by atoms with E-state index < -0.39 is 29.9 Å². The van der Waals surface area contributed by atoms with Gasteiger partial charge in [0, 0.05) is 0 Å². The molecular formula is C19H34N4O5. The van der Waals surface area contributed by atoms with Gasteiger partial charge in [-0.15, -0.1) is 0 Å². The van der Waals surface area contributed by atoms with E-state index >= 15 is 0 Å². The van der Waals surface area contributed by atoms with Gasteiger partial charge >= 0.3 is 5.97 Å². The van der Waals surface area contributed by atoms with E-state index in [-0.39, 0.29) is 30.3 Å². The second kappa shape index (κ2) is 11.6. The molecule has 1 heterocycles. The van der Waals surface area contributed by atoms with Crippen molar-refractivity contribution in [2.45, 2.75) is 71.5 Å². The molecule has 1 rings (SSSR count). The van der Waals surface area contributed by atoms with Crippen LogP contribution in [0.1, 0.15) is 53.4 Å². The van der Waals surface area contributed by atoms with Crippen LogP contribution in [0.2, 0.25) is 0 Å². The van der Waals surface area contributed by atoms with Gasteiger partial charge in [-0.25, -0.2) is 4.79 Å². The zero-order valence-electron chi connectivity index (χ0n) is 17.2. The molecule has 1 aliphatic heterocycles. The number of carbonyl (C=O) groups excluding carboxylic acids is 3. The Labute approximate surface area is 166 Å². The Morgan fingerprint density at radius 1 is 1.04 bits per heavy atom. The number of rotatable bonds is 11. The van der Waals surface area contributed by atoms with Crippen molar-refractivity contribution in [3.63, 3.8) is 0 Å². The second-order valence-corrected chi connectivity index (χ2v) is 7.51. The maximum absolute atomic E-state index is 12.6. The molecule has 9 nitrogen and oxygen atoms in total. The summed E-state index contributed by atoms with van der Waals surface area (Å²) in [5.74, 6) is -2.70. The Morgan fingerprint density at radius 2 is 1.64 bits per heavy atom. The Hall–Kier alpha value is -2.16. The largest absolute Gasteiger partial charge is 0.480 e. The van der Waals surface area contributed by atoms with Crippen molar-refractivity contribution in [2.75, 3.05) is 13.1 Å². The van der Waals surface area contributed by atoms with E-state index in [2.05, 4.69) is 21.3 Å². The van der Waals surface area contributed by atoms with Crippen LogP contribution in [0.3, 0.4) is 0 Å². The normalized spacial score (nSPS) is 20.5. The molecule has 1 aliphatic rings. The van der Waals surface area contributed by atoms with E-state index in [1.165, 1.54) is 0 Å². The maximum atomic E-state index is 12.6. The minimum absolute atomic E-state index is 0.111. The Bertz CT molecular complexity index is 563. The van der Waals surface area contributed by atoms with Gasteiger partial charge in [0.2, 0.25) is 17.7 Å². The monoisotopic (exact) mass is 398 g/mol. The highest BCUT2D eigenvalue weighted by Crippen LogP contribution is 2.11. The van der Waals surface area contributed by atoms with Gasteiger partial charge in [0.05, 0.1) is 12.6 Å². The quantitative estimate of drug-likeness (QED) is 0.332. The molecule has 5 atom stereocenters. The Morgan fingerprint density at radius 3 is 2.14 bits per heavy atom. The minimum atomic E-state index is -1.11. The summed E-state index contributed by atoms with van der Waals surface area (Å²) in [6.07, 6.45) is 2.92. The smallest absolute Gasteiger partial charge is 0.326 e. The number of carbonyl (C=O) groups is 4.